The lowest BCUT2D eigenvalue weighted by molar-refractivity contribution is -0.384. The molecule has 0 aliphatic carbocycles. The number of nitrogens with zero attached hydrogens (tertiary/aromatic N) is 3. The van der Waals surface area contributed by atoms with Gasteiger partial charge in [-0.1, -0.05) is 28.1 Å². The van der Waals surface area contributed by atoms with Gasteiger partial charge in [-0.25, -0.2) is 4.68 Å². The van der Waals surface area contributed by atoms with Crippen molar-refractivity contribution in [3.63, 3.8) is 0 Å². The van der Waals surface area contributed by atoms with Crippen LogP contribution in [0.25, 0.3) is 5.69 Å². The van der Waals surface area contributed by atoms with Crippen LogP contribution in [-0.2, 0) is 0 Å². The number of hydrogen-bond donors (Lipinski definition) is 1. The molecule has 3 rings (SSSR count). The molecule has 3 aromatic rings. The number of nitrogens with one attached hydrogen (secondary N) is 1. The highest BCUT2D eigenvalue weighted by Crippen LogP contribution is 2.21. The number of carbonyl (C=O) groups is 1. The van der Waals surface area contributed by atoms with Crippen molar-refractivity contribution in [3.8, 4) is 5.69 Å². The van der Waals surface area contributed by atoms with Crippen molar-refractivity contribution in [2.45, 2.75) is 6.92 Å². The summed E-state index contributed by atoms with van der Waals surface area (Å²) in [4.78, 5) is 22.7. The van der Waals surface area contributed by atoms with E-state index in [4.69, 9.17) is 0 Å². The van der Waals surface area contributed by atoms with Gasteiger partial charge in [0.05, 0.1) is 10.6 Å². The molecule has 7 nitrogen and oxygen atoms in total. The number of nitro groups is 1. The van der Waals surface area contributed by atoms with E-state index in [1.807, 2.05) is 19.1 Å². The minimum absolute atomic E-state index is 0.0384. The first kappa shape index (κ1) is 16.8. The quantitative estimate of drug-likeness (QED) is 0.527. The van der Waals surface area contributed by atoms with Crippen LogP contribution in [0.1, 0.15) is 16.1 Å². The van der Waals surface area contributed by atoms with Gasteiger partial charge in [-0.05, 0) is 36.8 Å². The smallest absolute Gasteiger partial charge is 0.276 e. The highest BCUT2D eigenvalue weighted by atomic mass is 79.9. The summed E-state index contributed by atoms with van der Waals surface area (Å²) in [6.45, 7) is 1.95. The molecule has 0 atom stereocenters. The van der Waals surface area contributed by atoms with Crippen molar-refractivity contribution in [3.05, 3.63) is 80.6 Å². The van der Waals surface area contributed by atoms with Gasteiger partial charge >= 0.3 is 0 Å². The molecule has 0 radical (unpaired) electrons. The zero-order valence-electron chi connectivity index (χ0n) is 13.1. The van der Waals surface area contributed by atoms with Gasteiger partial charge in [0.25, 0.3) is 11.6 Å². The summed E-state index contributed by atoms with van der Waals surface area (Å²) in [5.74, 6) is -0.361. The number of anilines is 1. The van der Waals surface area contributed by atoms with Crippen LogP contribution >= 0.6 is 15.9 Å². The van der Waals surface area contributed by atoms with Crippen molar-refractivity contribution in [1.29, 1.82) is 0 Å². The maximum absolute atomic E-state index is 12.3. The lowest BCUT2D eigenvalue weighted by atomic mass is 10.2. The van der Waals surface area contributed by atoms with Gasteiger partial charge in [-0.15, -0.1) is 0 Å². The van der Waals surface area contributed by atoms with Crippen LogP contribution in [0.15, 0.2) is 59.2 Å². The molecule has 1 amide bonds. The summed E-state index contributed by atoms with van der Waals surface area (Å²) in [5.41, 5.74) is 2.39. The van der Waals surface area contributed by atoms with Crippen molar-refractivity contribution in [1.82, 2.24) is 9.78 Å². The van der Waals surface area contributed by atoms with Crippen molar-refractivity contribution in [2.24, 2.45) is 0 Å². The third-order valence-corrected chi connectivity index (χ3v) is 4.41. The van der Waals surface area contributed by atoms with Gasteiger partial charge in [0, 0.05) is 28.5 Å². The molecule has 0 fully saturated rings. The molecule has 0 spiro atoms. The molecule has 126 valence electrons. The van der Waals surface area contributed by atoms with E-state index in [-0.39, 0.29) is 17.3 Å². The standard InChI is InChI=1S/C17H13BrN4O3/c1-11-5-6-12(9-15(11)18)19-17(23)16-7-8-21(20-16)13-3-2-4-14(10-13)22(24)25/h2-10H,1H3,(H,19,23). The number of hydrogen-bond acceptors (Lipinski definition) is 4. The molecule has 0 aliphatic rings. The second-order valence-electron chi connectivity index (χ2n) is 5.34. The highest BCUT2D eigenvalue weighted by Gasteiger charge is 2.13. The molecule has 0 aliphatic heterocycles. The van der Waals surface area contributed by atoms with Gasteiger partial charge in [-0.2, -0.15) is 5.10 Å². The highest BCUT2D eigenvalue weighted by molar-refractivity contribution is 9.10. The summed E-state index contributed by atoms with van der Waals surface area (Å²) in [6.07, 6.45) is 1.58. The maximum atomic E-state index is 12.3. The third-order valence-electron chi connectivity index (χ3n) is 3.56. The van der Waals surface area contributed by atoms with Crippen molar-refractivity contribution >= 4 is 33.2 Å². The first-order valence-corrected chi connectivity index (χ1v) is 8.11. The zero-order valence-corrected chi connectivity index (χ0v) is 14.7. The van der Waals surface area contributed by atoms with Gasteiger partial charge in [0.2, 0.25) is 0 Å². The Bertz CT molecular complexity index is 968. The van der Waals surface area contributed by atoms with Crippen LogP contribution in [0.5, 0.6) is 0 Å². The predicted octanol–water partition coefficient (Wildman–Crippen LogP) is 4.10. The first-order chi connectivity index (χ1) is 11.9. The predicted molar refractivity (Wildman–Crippen MR) is 97.1 cm³/mol. The monoisotopic (exact) mass is 400 g/mol. The van der Waals surface area contributed by atoms with Crippen LogP contribution in [0.2, 0.25) is 0 Å². The van der Waals surface area contributed by atoms with E-state index in [0.29, 0.717) is 11.4 Å². The summed E-state index contributed by atoms with van der Waals surface area (Å²) < 4.78 is 2.32. The van der Waals surface area contributed by atoms with Crippen LogP contribution < -0.4 is 5.32 Å². The third kappa shape index (κ3) is 3.74. The van der Waals surface area contributed by atoms with E-state index in [0.717, 1.165) is 10.0 Å². The van der Waals surface area contributed by atoms with E-state index < -0.39 is 4.92 Å². The minimum atomic E-state index is -0.476. The van der Waals surface area contributed by atoms with Crippen molar-refractivity contribution < 1.29 is 9.72 Å². The van der Waals surface area contributed by atoms with Crippen LogP contribution in [-0.4, -0.2) is 20.6 Å². The van der Waals surface area contributed by atoms with E-state index >= 15 is 0 Å². The topological polar surface area (TPSA) is 90.1 Å². The molecule has 0 bridgehead atoms. The average Bonchev–Trinajstić information content (AvgIpc) is 3.08. The number of non-ortho nitro benzene ring substituents is 1. The molecule has 25 heavy (non-hydrogen) atoms. The Morgan fingerprint density at radius 3 is 2.76 bits per heavy atom. The number of nitro benzene ring substituents is 1. The Morgan fingerprint density at radius 1 is 1.24 bits per heavy atom. The number of aromatic nitrogens is 2. The van der Waals surface area contributed by atoms with E-state index in [1.165, 1.54) is 16.8 Å². The normalized spacial score (nSPS) is 10.5. The van der Waals surface area contributed by atoms with Gasteiger partial charge in [-0.3, -0.25) is 14.9 Å². The van der Waals surface area contributed by atoms with Crippen molar-refractivity contribution in [2.75, 3.05) is 5.32 Å². The molecule has 2 aromatic carbocycles. The second-order valence-corrected chi connectivity index (χ2v) is 6.19. The largest absolute Gasteiger partial charge is 0.321 e. The molecule has 1 N–H and O–H groups in total. The Morgan fingerprint density at radius 2 is 2.04 bits per heavy atom. The second kappa shape index (κ2) is 6.86. The fourth-order valence-corrected chi connectivity index (χ4v) is 2.58. The molecule has 1 aromatic heterocycles. The van der Waals surface area contributed by atoms with E-state index in [1.54, 1.807) is 30.5 Å². The number of carbonyl (C=O) groups excluding carboxylic acids is 1. The van der Waals surface area contributed by atoms with Gasteiger partial charge in [0.1, 0.15) is 0 Å². The number of halogens is 1. The number of benzene rings is 2. The van der Waals surface area contributed by atoms with E-state index in [2.05, 4.69) is 26.3 Å². The summed E-state index contributed by atoms with van der Waals surface area (Å²) in [7, 11) is 0. The maximum Gasteiger partial charge on any atom is 0.276 e. The van der Waals surface area contributed by atoms with Gasteiger partial charge < -0.3 is 5.32 Å². The minimum Gasteiger partial charge on any atom is -0.321 e. The van der Waals surface area contributed by atoms with Gasteiger partial charge in [0.15, 0.2) is 5.69 Å². The molecular formula is C17H13BrN4O3. The van der Waals surface area contributed by atoms with Crippen LogP contribution in [0.4, 0.5) is 11.4 Å². The molecule has 0 saturated carbocycles. The summed E-state index contributed by atoms with van der Waals surface area (Å²) in [6, 6.07) is 13.1. The number of aryl methyl sites for hydroxylation is 1. The first-order valence-electron chi connectivity index (χ1n) is 7.32. The molecular weight excluding hydrogens is 388 g/mol. The molecule has 0 unspecified atom stereocenters. The molecule has 0 saturated heterocycles. The number of rotatable bonds is 4. The Balaban J connectivity index is 1.81. The van der Waals surface area contributed by atoms with E-state index in [9.17, 15) is 14.9 Å². The Kier molecular flexibility index (Phi) is 4.62. The summed E-state index contributed by atoms with van der Waals surface area (Å²) >= 11 is 3.42. The van der Waals surface area contributed by atoms with Crippen LogP contribution in [0.3, 0.4) is 0 Å². The summed E-state index contributed by atoms with van der Waals surface area (Å²) in [5, 5.41) is 17.8. The lowest BCUT2D eigenvalue weighted by Crippen LogP contribution is -2.13. The Hall–Kier alpha value is -3.00. The fourth-order valence-electron chi connectivity index (χ4n) is 2.20. The Labute approximate surface area is 151 Å². The molecule has 8 heteroatoms. The zero-order chi connectivity index (χ0) is 18.0. The SMILES string of the molecule is Cc1ccc(NC(=O)c2ccn(-c3cccc([N+](=O)[O-])c3)n2)cc1Br. The lowest BCUT2D eigenvalue weighted by Gasteiger charge is -2.05. The number of amides is 1. The fraction of sp³-hybridized carbons (Fsp3) is 0.0588. The molecule has 1 heterocycles. The van der Waals surface area contributed by atoms with Crippen LogP contribution in [0, 0.1) is 17.0 Å². The average molecular weight is 401 g/mol.